The quantitative estimate of drug-likeness (QED) is 0.291. The molecule has 0 saturated heterocycles. The van der Waals surface area contributed by atoms with Gasteiger partial charge in [-0.3, -0.25) is 0 Å². The molecule has 0 heterocycles. The van der Waals surface area contributed by atoms with Crippen LogP contribution in [0.3, 0.4) is 0 Å². The van der Waals surface area contributed by atoms with Crippen LogP contribution in [0.2, 0.25) is 0 Å². The van der Waals surface area contributed by atoms with E-state index in [1.165, 1.54) is 0 Å². The van der Waals surface area contributed by atoms with Crippen LogP contribution in [0, 0.1) is 0 Å². The molecule has 0 aromatic heterocycles. The van der Waals surface area contributed by atoms with Crippen LogP contribution in [0.4, 0.5) is 0 Å². The molecular weight excluding hydrogens is 254 g/mol. The summed E-state index contributed by atoms with van der Waals surface area (Å²) >= 11 is 0. The third-order valence-electron chi connectivity index (χ3n) is 1.20. The van der Waals surface area contributed by atoms with Crippen LogP contribution in [0.25, 0.3) is 0 Å². The molecule has 0 unspecified atom stereocenters. The molecule has 0 atom stereocenters. The topological polar surface area (TPSA) is 73.8 Å². The van der Waals surface area contributed by atoms with Gasteiger partial charge < -0.3 is 24.4 Å². The molecule has 5 nitrogen and oxygen atoms in total. The second kappa shape index (κ2) is 22.3. The molecule has 0 spiro atoms. The van der Waals surface area contributed by atoms with Crippen LogP contribution in [-0.4, -0.2) is 52.9 Å². The maximum Gasteiger partial charge on any atom is 1.00 e. The molecule has 0 aliphatic carbocycles. The van der Waals surface area contributed by atoms with Crippen molar-refractivity contribution in [3.8, 4) is 0 Å². The third-order valence-corrected chi connectivity index (χ3v) is 1.20. The van der Waals surface area contributed by atoms with Crippen molar-refractivity contribution in [2.75, 3.05) is 52.9 Å². The number of rotatable bonds is 10. The van der Waals surface area contributed by atoms with Crippen molar-refractivity contribution < 1.29 is 127 Å². The molecule has 0 aromatic carbocycles. The fraction of sp³-hybridized carbons (Fsp3) is 1.00. The van der Waals surface area contributed by atoms with Gasteiger partial charge in [0.25, 0.3) is 0 Å². The van der Waals surface area contributed by atoms with Crippen LogP contribution in [0.1, 0.15) is 0 Å². The largest absolute Gasteiger partial charge is 1.00 e. The van der Waals surface area contributed by atoms with Gasteiger partial charge >= 0.3 is 103 Å². The summed E-state index contributed by atoms with van der Waals surface area (Å²) < 4.78 is 14.8. The summed E-state index contributed by atoms with van der Waals surface area (Å²) in [6.07, 6.45) is 0. The standard InChI is InChI=1S/C8H16O5.2K/c9-1-3-11-5-7-13-8-6-12-4-2-10;;/h1-8H2;;/q-2;2*+1. The van der Waals surface area contributed by atoms with Crippen LogP contribution < -0.4 is 113 Å². The zero-order valence-electron chi connectivity index (χ0n) is 9.70. The van der Waals surface area contributed by atoms with Gasteiger partial charge in [0.2, 0.25) is 0 Å². The zero-order chi connectivity index (χ0) is 9.78. The Kier molecular flexibility index (Phi) is 34.4. The minimum Gasteiger partial charge on any atom is -0.853 e. The molecule has 0 bridgehead atoms. The normalized spacial score (nSPS) is 9.20. The maximum absolute atomic E-state index is 9.92. The van der Waals surface area contributed by atoms with Crippen molar-refractivity contribution in [2.24, 2.45) is 0 Å². The van der Waals surface area contributed by atoms with Crippen LogP contribution >= 0.6 is 0 Å². The van der Waals surface area contributed by atoms with E-state index in [9.17, 15) is 10.2 Å². The molecule has 7 heteroatoms. The van der Waals surface area contributed by atoms with Gasteiger partial charge in [0.05, 0.1) is 26.4 Å². The van der Waals surface area contributed by atoms with Gasteiger partial charge in [0, 0.05) is 13.2 Å². The van der Waals surface area contributed by atoms with E-state index in [-0.39, 0.29) is 129 Å². The van der Waals surface area contributed by atoms with Gasteiger partial charge in [-0.05, 0) is 0 Å². The summed E-state index contributed by atoms with van der Waals surface area (Å²) in [5.41, 5.74) is 0. The molecule has 0 aliphatic heterocycles. The summed E-state index contributed by atoms with van der Waals surface area (Å²) in [5, 5.41) is 19.8. The summed E-state index contributed by atoms with van der Waals surface area (Å²) in [6, 6.07) is 0. The number of ether oxygens (including phenoxy) is 3. The van der Waals surface area contributed by atoms with Crippen LogP contribution in [0.5, 0.6) is 0 Å². The minimum atomic E-state index is -0.216. The number of hydrogen-bond acceptors (Lipinski definition) is 5. The van der Waals surface area contributed by atoms with Crippen molar-refractivity contribution in [3.63, 3.8) is 0 Å². The third kappa shape index (κ3) is 22.7. The summed E-state index contributed by atoms with van der Waals surface area (Å²) in [4.78, 5) is 0. The van der Waals surface area contributed by atoms with E-state index >= 15 is 0 Å². The Morgan fingerprint density at radius 1 is 0.533 bits per heavy atom. The Morgan fingerprint density at radius 2 is 0.800 bits per heavy atom. The summed E-state index contributed by atoms with van der Waals surface area (Å²) in [6.45, 7) is 1.82. The zero-order valence-corrected chi connectivity index (χ0v) is 15.9. The monoisotopic (exact) mass is 270 g/mol. The maximum atomic E-state index is 9.92. The summed E-state index contributed by atoms with van der Waals surface area (Å²) in [7, 11) is 0. The van der Waals surface area contributed by atoms with E-state index in [2.05, 4.69) is 0 Å². The Bertz CT molecular complexity index is 87.1. The average Bonchev–Trinajstić information content (AvgIpc) is 2.16. The van der Waals surface area contributed by atoms with E-state index in [4.69, 9.17) is 14.2 Å². The van der Waals surface area contributed by atoms with Crippen molar-refractivity contribution >= 4 is 0 Å². The van der Waals surface area contributed by atoms with Gasteiger partial charge in [-0.25, -0.2) is 0 Å². The van der Waals surface area contributed by atoms with E-state index in [1.807, 2.05) is 0 Å². The fourth-order valence-corrected chi connectivity index (χ4v) is 0.660. The number of hydrogen-bond donors (Lipinski definition) is 0. The molecular formula is C8H16K2O5. The molecule has 0 fully saturated rings. The van der Waals surface area contributed by atoms with E-state index in [0.29, 0.717) is 26.4 Å². The van der Waals surface area contributed by atoms with Gasteiger partial charge in [-0.1, -0.05) is 0 Å². The first-order valence-corrected chi connectivity index (χ1v) is 4.31. The molecule has 0 radical (unpaired) electrons. The molecule has 0 rings (SSSR count). The Hall–Kier alpha value is 3.07. The smallest absolute Gasteiger partial charge is 0.853 e. The van der Waals surface area contributed by atoms with Crippen molar-refractivity contribution in [1.82, 2.24) is 0 Å². The van der Waals surface area contributed by atoms with E-state index in [0.717, 1.165) is 0 Å². The first-order valence-electron chi connectivity index (χ1n) is 4.31. The average molecular weight is 270 g/mol. The van der Waals surface area contributed by atoms with Gasteiger partial charge in [-0.2, -0.15) is 0 Å². The molecule has 0 amide bonds. The molecule has 0 saturated carbocycles. The molecule has 80 valence electrons. The van der Waals surface area contributed by atoms with Gasteiger partial charge in [-0.15, -0.1) is 13.2 Å². The van der Waals surface area contributed by atoms with Gasteiger partial charge in [0.1, 0.15) is 0 Å². The first-order chi connectivity index (χ1) is 6.41. The second-order valence-electron chi connectivity index (χ2n) is 2.25. The van der Waals surface area contributed by atoms with E-state index in [1.54, 1.807) is 0 Å². The molecule has 15 heavy (non-hydrogen) atoms. The fourth-order valence-electron chi connectivity index (χ4n) is 0.660. The van der Waals surface area contributed by atoms with Crippen molar-refractivity contribution in [2.45, 2.75) is 0 Å². The van der Waals surface area contributed by atoms with Crippen molar-refractivity contribution in [1.29, 1.82) is 0 Å². The van der Waals surface area contributed by atoms with Crippen LogP contribution in [0.15, 0.2) is 0 Å². The predicted molar refractivity (Wildman–Crippen MR) is 42.2 cm³/mol. The predicted octanol–water partition coefficient (Wildman–Crippen LogP) is -8.24. The van der Waals surface area contributed by atoms with Crippen LogP contribution in [-0.2, 0) is 14.2 Å². The van der Waals surface area contributed by atoms with Gasteiger partial charge in [0.15, 0.2) is 0 Å². The van der Waals surface area contributed by atoms with Crippen molar-refractivity contribution in [3.05, 3.63) is 0 Å². The molecule has 0 aromatic rings. The molecule has 0 N–H and O–H groups in total. The Morgan fingerprint density at radius 3 is 1.07 bits per heavy atom. The Balaban J connectivity index is -0.000000720. The second-order valence-corrected chi connectivity index (χ2v) is 2.25. The SMILES string of the molecule is [K+].[K+].[O-]CCOCCOCCOCC[O-]. The Labute approximate surface area is 176 Å². The minimum absolute atomic E-state index is 0. The van der Waals surface area contributed by atoms with E-state index < -0.39 is 0 Å². The summed E-state index contributed by atoms with van der Waals surface area (Å²) in [5.74, 6) is 0. The first kappa shape index (κ1) is 23.2. The molecule has 0 aliphatic rings.